The Labute approximate surface area is 144 Å². The van der Waals surface area contributed by atoms with Crippen LogP contribution in [0.15, 0.2) is 11.0 Å². The van der Waals surface area contributed by atoms with Crippen molar-refractivity contribution in [2.45, 2.75) is 32.6 Å². The second-order valence-electron chi connectivity index (χ2n) is 6.55. The predicted octanol–water partition coefficient (Wildman–Crippen LogP) is 1.41. The van der Waals surface area contributed by atoms with Crippen LogP contribution in [0.4, 0.5) is 0 Å². The van der Waals surface area contributed by atoms with Gasteiger partial charge < -0.3 is 4.90 Å². The number of carbonyl (C=O) groups excluding carboxylic acids is 1. The molecule has 3 heterocycles. The van der Waals surface area contributed by atoms with Crippen LogP contribution in [0.1, 0.15) is 40.7 Å². The first kappa shape index (κ1) is 15.8. The molecule has 2 aromatic heterocycles. The van der Waals surface area contributed by atoms with Crippen molar-refractivity contribution in [2.75, 3.05) is 32.7 Å². The van der Waals surface area contributed by atoms with E-state index in [9.17, 15) is 9.59 Å². The number of fused-ring (bicyclic) bond motifs is 3. The first-order valence-electron chi connectivity index (χ1n) is 8.73. The lowest BCUT2D eigenvalue weighted by Crippen LogP contribution is -2.49. The molecule has 6 nitrogen and oxygen atoms in total. The lowest BCUT2D eigenvalue weighted by atomic mass is 10.2. The van der Waals surface area contributed by atoms with Crippen LogP contribution < -0.4 is 5.56 Å². The van der Waals surface area contributed by atoms with Gasteiger partial charge in [0.05, 0.1) is 0 Å². The van der Waals surface area contributed by atoms with Gasteiger partial charge in [0.15, 0.2) is 4.96 Å². The summed E-state index contributed by atoms with van der Waals surface area (Å²) in [6.07, 6.45) is 5.61. The van der Waals surface area contributed by atoms with Crippen LogP contribution >= 0.6 is 11.3 Å². The molecule has 7 heteroatoms. The summed E-state index contributed by atoms with van der Waals surface area (Å²) in [6.45, 7) is 6.36. The summed E-state index contributed by atoms with van der Waals surface area (Å²) in [5.41, 5.74) is 1.08. The molecule has 1 fully saturated rings. The molecule has 0 aromatic carbocycles. The van der Waals surface area contributed by atoms with Crippen LogP contribution in [0, 0.1) is 0 Å². The van der Waals surface area contributed by atoms with Crippen LogP contribution in [0.5, 0.6) is 0 Å². The Bertz CT molecular complexity index is 833. The molecule has 0 radical (unpaired) electrons. The first-order valence-corrected chi connectivity index (χ1v) is 9.54. The van der Waals surface area contributed by atoms with Crippen LogP contribution in [0.3, 0.4) is 0 Å². The number of thiazole rings is 1. The molecule has 1 aliphatic carbocycles. The molecule has 1 amide bonds. The number of carbonyl (C=O) groups is 1. The quantitative estimate of drug-likeness (QED) is 0.843. The fourth-order valence-electron chi connectivity index (χ4n) is 3.71. The van der Waals surface area contributed by atoms with Gasteiger partial charge in [-0.05, 0) is 32.2 Å². The summed E-state index contributed by atoms with van der Waals surface area (Å²) >= 11 is 1.58. The number of aryl methyl sites for hydroxylation is 2. The molecular weight excluding hydrogens is 324 g/mol. The van der Waals surface area contributed by atoms with Crippen molar-refractivity contribution in [3.63, 3.8) is 0 Å². The summed E-state index contributed by atoms with van der Waals surface area (Å²) in [4.78, 5) is 36.2. The highest BCUT2D eigenvalue weighted by molar-refractivity contribution is 7.17. The fraction of sp³-hybridized carbons (Fsp3) is 0.588. The van der Waals surface area contributed by atoms with E-state index < -0.39 is 0 Å². The summed E-state index contributed by atoms with van der Waals surface area (Å²) in [5, 5.41) is 0. The Morgan fingerprint density at radius 3 is 2.79 bits per heavy atom. The monoisotopic (exact) mass is 346 g/mol. The van der Waals surface area contributed by atoms with Crippen molar-refractivity contribution < 1.29 is 4.79 Å². The lowest BCUT2D eigenvalue weighted by Gasteiger charge is -2.34. The Hall–Kier alpha value is -1.73. The van der Waals surface area contributed by atoms with E-state index in [1.165, 1.54) is 11.1 Å². The van der Waals surface area contributed by atoms with Gasteiger partial charge in [0.2, 0.25) is 0 Å². The maximum absolute atomic E-state index is 12.9. The average molecular weight is 346 g/mol. The molecule has 0 bridgehead atoms. The van der Waals surface area contributed by atoms with Gasteiger partial charge in [-0.15, -0.1) is 11.3 Å². The normalized spacial score (nSPS) is 18.3. The zero-order valence-electron chi connectivity index (χ0n) is 14.0. The van der Waals surface area contributed by atoms with Crippen molar-refractivity contribution in [3.8, 4) is 0 Å². The largest absolute Gasteiger partial charge is 0.336 e. The minimum Gasteiger partial charge on any atom is -0.336 e. The third-order valence-corrected chi connectivity index (χ3v) is 6.14. The van der Waals surface area contributed by atoms with Gasteiger partial charge in [-0.3, -0.25) is 18.9 Å². The topological polar surface area (TPSA) is 57.9 Å². The van der Waals surface area contributed by atoms with E-state index in [0.29, 0.717) is 18.1 Å². The van der Waals surface area contributed by atoms with Gasteiger partial charge in [0, 0.05) is 42.9 Å². The van der Waals surface area contributed by atoms with Crippen molar-refractivity contribution in [1.82, 2.24) is 19.2 Å². The molecule has 0 spiro atoms. The Kier molecular flexibility index (Phi) is 4.14. The van der Waals surface area contributed by atoms with Crippen molar-refractivity contribution in [2.24, 2.45) is 0 Å². The average Bonchev–Trinajstić information content (AvgIpc) is 3.16. The van der Waals surface area contributed by atoms with Crippen molar-refractivity contribution >= 4 is 22.2 Å². The van der Waals surface area contributed by atoms with E-state index >= 15 is 0 Å². The van der Waals surface area contributed by atoms with E-state index in [1.54, 1.807) is 20.6 Å². The molecule has 4 rings (SSSR count). The number of hydrogen-bond acceptors (Lipinski definition) is 5. The Morgan fingerprint density at radius 1 is 1.25 bits per heavy atom. The van der Waals surface area contributed by atoms with Crippen LogP contribution in [-0.2, 0) is 12.8 Å². The van der Waals surface area contributed by atoms with Crippen molar-refractivity contribution in [1.29, 1.82) is 0 Å². The second kappa shape index (κ2) is 6.29. The smallest absolute Gasteiger partial charge is 0.271 e. The highest BCUT2D eigenvalue weighted by atomic mass is 32.1. The molecule has 2 aromatic rings. The number of nitrogens with zero attached hydrogens (tertiary/aromatic N) is 4. The van der Waals surface area contributed by atoms with Gasteiger partial charge >= 0.3 is 0 Å². The van der Waals surface area contributed by atoms with Crippen LogP contribution in [-0.4, -0.2) is 57.8 Å². The van der Waals surface area contributed by atoms with Gasteiger partial charge in [0.1, 0.15) is 5.56 Å². The number of rotatable bonds is 3. The summed E-state index contributed by atoms with van der Waals surface area (Å²) in [6, 6.07) is 0. The van der Waals surface area contributed by atoms with Crippen LogP contribution in [0.2, 0.25) is 0 Å². The predicted molar refractivity (Wildman–Crippen MR) is 94.0 cm³/mol. The molecule has 128 valence electrons. The molecule has 1 aliphatic heterocycles. The summed E-state index contributed by atoms with van der Waals surface area (Å²) in [7, 11) is 0. The Morgan fingerprint density at radius 2 is 2.04 bits per heavy atom. The number of amides is 1. The highest BCUT2D eigenvalue weighted by Crippen LogP contribution is 2.29. The maximum Gasteiger partial charge on any atom is 0.271 e. The summed E-state index contributed by atoms with van der Waals surface area (Å²) in [5.74, 6) is -0.170. The van der Waals surface area contributed by atoms with Gasteiger partial charge in [-0.25, -0.2) is 4.98 Å². The minimum atomic E-state index is -0.194. The Balaban J connectivity index is 1.61. The SMILES string of the molecule is CCCN1CCN(C(=O)c2cnc3sc4c(n3c2=O)CCC4)CC1. The van der Waals surface area contributed by atoms with Gasteiger partial charge in [-0.1, -0.05) is 6.92 Å². The molecule has 0 atom stereocenters. The fourth-order valence-corrected chi connectivity index (χ4v) is 4.88. The third kappa shape index (κ3) is 2.56. The number of hydrogen-bond donors (Lipinski definition) is 0. The van der Waals surface area contributed by atoms with Crippen molar-refractivity contribution in [3.05, 3.63) is 32.7 Å². The second-order valence-corrected chi connectivity index (χ2v) is 7.62. The van der Waals surface area contributed by atoms with Gasteiger partial charge in [-0.2, -0.15) is 0 Å². The van der Waals surface area contributed by atoms with Crippen LogP contribution in [0.25, 0.3) is 4.96 Å². The molecule has 1 saturated heterocycles. The molecular formula is C17H22N4O2S. The van der Waals surface area contributed by atoms with E-state index in [1.807, 2.05) is 0 Å². The molecule has 2 aliphatic rings. The highest BCUT2D eigenvalue weighted by Gasteiger charge is 2.26. The lowest BCUT2D eigenvalue weighted by molar-refractivity contribution is 0.0635. The van der Waals surface area contributed by atoms with E-state index in [0.717, 1.165) is 51.0 Å². The van der Waals surface area contributed by atoms with Gasteiger partial charge in [0.25, 0.3) is 11.5 Å². The van der Waals surface area contributed by atoms with E-state index in [-0.39, 0.29) is 17.0 Å². The molecule has 0 saturated carbocycles. The maximum atomic E-state index is 12.9. The number of aromatic nitrogens is 2. The first-order chi connectivity index (χ1) is 11.7. The molecule has 24 heavy (non-hydrogen) atoms. The standard InChI is InChI=1S/C17H22N4O2S/c1-2-6-19-7-9-20(10-8-19)15(22)12-11-18-17-21(16(12)23)13-4-3-5-14(13)24-17/h11H,2-10H2,1H3. The minimum absolute atomic E-state index is 0.170. The zero-order chi connectivity index (χ0) is 16.7. The number of piperazine rings is 1. The zero-order valence-corrected chi connectivity index (χ0v) is 14.8. The third-order valence-electron chi connectivity index (χ3n) is 4.98. The van der Waals surface area contributed by atoms with E-state index in [4.69, 9.17) is 0 Å². The summed E-state index contributed by atoms with van der Waals surface area (Å²) < 4.78 is 1.67. The molecule has 0 unspecified atom stereocenters. The van der Waals surface area contributed by atoms with E-state index in [2.05, 4.69) is 16.8 Å². The molecule has 0 N–H and O–H groups in total.